The lowest BCUT2D eigenvalue weighted by atomic mass is 10.1. The molecule has 1 saturated heterocycles. The first kappa shape index (κ1) is 22.3. The number of alkyl halides is 1. The van der Waals surface area contributed by atoms with Crippen LogP contribution in [0.3, 0.4) is 0 Å². The van der Waals surface area contributed by atoms with E-state index in [1.807, 2.05) is 22.6 Å². The molecule has 3 atom stereocenters. The number of aromatic amines is 1. The van der Waals surface area contributed by atoms with Gasteiger partial charge in [0.25, 0.3) is 5.56 Å². The molecular weight excluding hydrogens is 577 g/mol. The number of carbonyl (C=O) groups is 1. The van der Waals surface area contributed by atoms with Crippen molar-refractivity contribution in [2.75, 3.05) is 11.5 Å². The molecule has 1 aliphatic heterocycles. The van der Waals surface area contributed by atoms with Crippen molar-refractivity contribution in [2.24, 2.45) is 5.11 Å². The SMILES string of the molecule is COc1ccc(C(=O)O[C@H]2C[C@@H](n3cc(Br)c(=O)[nH]c3=O)O[C@@]2(CI)N=[N+]=[N-])cc1. The van der Waals surface area contributed by atoms with Crippen LogP contribution in [0.25, 0.3) is 10.4 Å². The van der Waals surface area contributed by atoms with E-state index in [1.54, 1.807) is 12.1 Å². The molecule has 11 nitrogen and oxygen atoms in total. The zero-order valence-corrected chi connectivity index (χ0v) is 19.2. The highest BCUT2D eigenvalue weighted by molar-refractivity contribution is 14.1. The molecule has 0 unspecified atom stereocenters. The van der Waals surface area contributed by atoms with Crippen molar-refractivity contribution < 1.29 is 19.0 Å². The molecule has 0 bridgehead atoms. The van der Waals surface area contributed by atoms with Gasteiger partial charge in [0, 0.05) is 22.0 Å². The van der Waals surface area contributed by atoms with Crippen LogP contribution in [-0.4, -0.2) is 38.9 Å². The fraction of sp³-hybridized carbons (Fsp3) is 0.353. The molecule has 158 valence electrons. The smallest absolute Gasteiger partial charge is 0.338 e. The number of azide groups is 1. The second kappa shape index (κ2) is 9.20. The molecule has 1 aromatic heterocycles. The van der Waals surface area contributed by atoms with Gasteiger partial charge in [-0.2, -0.15) is 0 Å². The number of halogens is 2. The number of ether oxygens (including phenoxy) is 3. The molecular formula is C17H15BrIN5O6. The highest BCUT2D eigenvalue weighted by Crippen LogP contribution is 2.41. The maximum absolute atomic E-state index is 12.6. The number of methoxy groups -OCH3 is 1. The molecule has 2 heterocycles. The number of nitrogens with zero attached hydrogens (tertiary/aromatic N) is 4. The fourth-order valence-electron chi connectivity index (χ4n) is 2.94. The van der Waals surface area contributed by atoms with E-state index in [1.165, 1.54) is 25.4 Å². The molecule has 0 saturated carbocycles. The van der Waals surface area contributed by atoms with Gasteiger partial charge in [-0.15, -0.1) is 0 Å². The number of hydrogen-bond donors (Lipinski definition) is 1. The van der Waals surface area contributed by atoms with Crippen LogP contribution in [0, 0.1) is 0 Å². The van der Waals surface area contributed by atoms with E-state index in [2.05, 4.69) is 30.9 Å². The number of benzene rings is 1. The van der Waals surface area contributed by atoms with Gasteiger partial charge in [-0.1, -0.05) is 27.7 Å². The normalized spacial score (nSPS) is 22.9. The van der Waals surface area contributed by atoms with E-state index in [-0.39, 0.29) is 20.9 Å². The Kier molecular flexibility index (Phi) is 6.85. The number of esters is 1. The van der Waals surface area contributed by atoms with Gasteiger partial charge in [-0.3, -0.25) is 14.3 Å². The van der Waals surface area contributed by atoms with Gasteiger partial charge in [-0.25, -0.2) is 9.59 Å². The number of H-pyrrole nitrogens is 1. The summed E-state index contributed by atoms with van der Waals surface area (Å²) in [4.78, 5) is 41.5. The quantitative estimate of drug-likeness (QED) is 0.136. The van der Waals surface area contributed by atoms with E-state index < -0.39 is 35.3 Å². The number of nitrogens with one attached hydrogen (secondary N) is 1. The summed E-state index contributed by atoms with van der Waals surface area (Å²) in [5.74, 6) is -0.0706. The van der Waals surface area contributed by atoms with Crippen molar-refractivity contribution in [1.82, 2.24) is 9.55 Å². The summed E-state index contributed by atoms with van der Waals surface area (Å²) in [7, 11) is 1.51. The minimum absolute atomic E-state index is 0.0301. The molecule has 1 N–H and O–H groups in total. The second-order valence-corrected chi connectivity index (χ2v) is 7.86. The molecule has 1 fully saturated rings. The molecule has 13 heteroatoms. The Hall–Kier alpha value is -2.35. The van der Waals surface area contributed by atoms with Crippen molar-refractivity contribution in [3.63, 3.8) is 0 Å². The van der Waals surface area contributed by atoms with Crippen LogP contribution in [0.4, 0.5) is 0 Å². The lowest BCUT2D eigenvalue weighted by Crippen LogP contribution is -2.41. The fourth-order valence-corrected chi connectivity index (χ4v) is 4.09. The van der Waals surface area contributed by atoms with Crippen molar-refractivity contribution in [1.29, 1.82) is 0 Å². The van der Waals surface area contributed by atoms with Crippen molar-refractivity contribution in [3.8, 4) is 5.75 Å². The van der Waals surface area contributed by atoms with Crippen LogP contribution in [0.1, 0.15) is 23.0 Å². The van der Waals surface area contributed by atoms with Crippen LogP contribution < -0.4 is 16.0 Å². The molecule has 0 amide bonds. The maximum atomic E-state index is 12.6. The molecule has 30 heavy (non-hydrogen) atoms. The van der Waals surface area contributed by atoms with E-state index >= 15 is 0 Å². The van der Waals surface area contributed by atoms with Gasteiger partial charge < -0.3 is 14.2 Å². The van der Waals surface area contributed by atoms with Crippen LogP contribution >= 0.6 is 38.5 Å². The van der Waals surface area contributed by atoms with Gasteiger partial charge in [0.15, 0.2) is 5.72 Å². The largest absolute Gasteiger partial charge is 0.497 e. The molecule has 0 aliphatic carbocycles. The molecule has 0 spiro atoms. The Morgan fingerprint density at radius 3 is 2.77 bits per heavy atom. The topological polar surface area (TPSA) is 148 Å². The van der Waals surface area contributed by atoms with Crippen LogP contribution in [0.5, 0.6) is 5.75 Å². The highest BCUT2D eigenvalue weighted by Gasteiger charge is 2.51. The zero-order valence-electron chi connectivity index (χ0n) is 15.4. The summed E-state index contributed by atoms with van der Waals surface area (Å²) in [5, 5.41) is 3.73. The Morgan fingerprint density at radius 2 is 2.17 bits per heavy atom. The Bertz CT molecular complexity index is 1110. The lowest BCUT2D eigenvalue weighted by molar-refractivity contribution is -0.0865. The number of hydrogen-bond acceptors (Lipinski definition) is 7. The average Bonchev–Trinajstić information content (AvgIpc) is 3.09. The number of aromatic nitrogens is 2. The Labute approximate surface area is 191 Å². The van der Waals surface area contributed by atoms with Gasteiger partial charge in [0.05, 0.1) is 17.1 Å². The van der Waals surface area contributed by atoms with Crippen LogP contribution in [0.2, 0.25) is 0 Å². The summed E-state index contributed by atoms with van der Waals surface area (Å²) in [6, 6.07) is 6.30. The van der Waals surface area contributed by atoms with Gasteiger partial charge >= 0.3 is 11.7 Å². The van der Waals surface area contributed by atoms with Crippen molar-refractivity contribution >= 4 is 44.5 Å². The number of rotatable bonds is 6. The minimum atomic E-state index is -1.52. The highest BCUT2D eigenvalue weighted by atomic mass is 127. The minimum Gasteiger partial charge on any atom is -0.497 e. The maximum Gasteiger partial charge on any atom is 0.338 e. The summed E-state index contributed by atoms with van der Waals surface area (Å²) in [6.45, 7) is 0. The van der Waals surface area contributed by atoms with Crippen LogP contribution in [0.15, 0.2) is 49.6 Å². The predicted octanol–water partition coefficient (Wildman–Crippen LogP) is 2.89. The first-order valence-electron chi connectivity index (χ1n) is 8.49. The van der Waals surface area contributed by atoms with Gasteiger partial charge in [-0.05, 0) is 45.7 Å². The molecule has 0 radical (unpaired) electrons. The van der Waals surface area contributed by atoms with E-state index in [9.17, 15) is 14.4 Å². The van der Waals surface area contributed by atoms with E-state index in [4.69, 9.17) is 19.7 Å². The second-order valence-electron chi connectivity index (χ2n) is 6.24. The Morgan fingerprint density at radius 1 is 1.47 bits per heavy atom. The molecule has 1 aliphatic rings. The van der Waals surface area contributed by atoms with Gasteiger partial charge in [0.1, 0.15) is 18.1 Å². The number of carbonyl (C=O) groups excluding carboxylic acids is 1. The predicted molar refractivity (Wildman–Crippen MR) is 117 cm³/mol. The first-order valence-corrected chi connectivity index (χ1v) is 10.8. The average molecular weight is 592 g/mol. The first-order chi connectivity index (χ1) is 14.3. The molecule has 1 aromatic carbocycles. The molecule has 2 aromatic rings. The lowest BCUT2D eigenvalue weighted by Gasteiger charge is -2.27. The van der Waals surface area contributed by atoms with Gasteiger partial charge in [0.2, 0.25) is 0 Å². The third-order valence-corrected chi connectivity index (χ3v) is 6.13. The monoisotopic (exact) mass is 591 g/mol. The zero-order chi connectivity index (χ0) is 21.9. The third-order valence-electron chi connectivity index (χ3n) is 4.47. The molecule has 3 rings (SSSR count). The standard InChI is InChI=1S/C17H15BrIN5O6/c1-28-10-4-2-9(3-5-10)15(26)29-12-6-13(30-17(12,8-19)22-23-20)24-7-11(18)14(25)21-16(24)27/h2-5,7,12-13H,6,8H2,1H3,(H,21,25,27)/t12-,13-,17+/m0/s1. The summed E-state index contributed by atoms with van der Waals surface area (Å²) >= 11 is 5.01. The van der Waals surface area contributed by atoms with Crippen LogP contribution in [-0.2, 0) is 9.47 Å². The van der Waals surface area contributed by atoms with E-state index in [0.717, 1.165) is 4.57 Å². The summed E-state index contributed by atoms with van der Waals surface area (Å²) < 4.78 is 18.0. The summed E-state index contributed by atoms with van der Waals surface area (Å²) in [6.07, 6.45) is -0.599. The Balaban J connectivity index is 1.92. The third kappa shape index (κ3) is 4.38. The van der Waals surface area contributed by atoms with E-state index in [0.29, 0.717) is 5.75 Å². The summed E-state index contributed by atoms with van der Waals surface area (Å²) in [5.41, 5.74) is 6.48. The van der Waals surface area contributed by atoms with Crippen molar-refractivity contribution in [2.45, 2.75) is 24.5 Å². The van der Waals surface area contributed by atoms with Crippen molar-refractivity contribution in [3.05, 3.63) is 71.8 Å².